The minimum absolute atomic E-state index is 0.213. The SMILES string of the molecule is O=C(Nc1ccc(-c2ncn[nH]2)cc1)c1ccn(C2CCCNC2)n1. The van der Waals surface area contributed by atoms with E-state index in [-0.39, 0.29) is 5.91 Å². The highest BCUT2D eigenvalue weighted by Gasteiger charge is 2.17. The smallest absolute Gasteiger partial charge is 0.276 e. The quantitative estimate of drug-likeness (QED) is 0.674. The Balaban J connectivity index is 1.42. The van der Waals surface area contributed by atoms with E-state index >= 15 is 0 Å². The van der Waals surface area contributed by atoms with Gasteiger partial charge in [0.15, 0.2) is 11.5 Å². The molecule has 3 aromatic rings. The van der Waals surface area contributed by atoms with Crippen molar-refractivity contribution in [1.29, 1.82) is 0 Å². The number of aromatic amines is 1. The van der Waals surface area contributed by atoms with Gasteiger partial charge in [0.05, 0.1) is 6.04 Å². The second-order valence-corrected chi connectivity index (χ2v) is 6.05. The molecule has 1 unspecified atom stereocenters. The molecule has 0 radical (unpaired) electrons. The van der Waals surface area contributed by atoms with Crippen molar-refractivity contribution in [2.24, 2.45) is 0 Å². The van der Waals surface area contributed by atoms with Crippen molar-refractivity contribution >= 4 is 11.6 Å². The highest BCUT2D eigenvalue weighted by atomic mass is 16.1. The number of rotatable bonds is 4. The van der Waals surface area contributed by atoms with Crippen LogP contribution in [0.2, 0.25) is 0 Å². The summed E-state index contributed by atoms with van der Waals surface area (Å²) in [5.41, 5.74) is 2.04. The van der Waals surface area contributed by atoms with Crippen LogP contribution in [0.4, 0.5) is 5.69 Å². The van der Waals surface area contributed by atoms with Crippen LogP contribution in [0.5, 0.6) is 0 Å². The van der Waals surface area contributed by atoms with E-state index in [1.54, 1.807) is 6.07 Å². The fraction of sp³-hybridized carbons (Fsp3) is 0.294. The predicted molar refractivity (Wildman–Crippen MR) is 93.1 cm³/mol. The molecule has 0 saturated carbocycles. The molecule has 1 amide bonds. The molecule has 1 saturated heterocycles. The van der Waals surface area contributed by atoms with E-state index in [1.807, 2.05) is 35.1 Å². The Morgan fingerprint density at radius 3 is 2.84 bits per heavy atom. The van der Waals surface area contributed by atoms with Crippen molar-refractivity contribution in [3.63, 3.8) is 0 Å². The molecule has 1 aromatic carbocycles. The Labute approximate surface area is 144 Å². The maximum atomic E-state index is 12.4. The van der Waals surface area contributed by atoms with Gasteiger partial charge in [0.1, 0.15) is 6.33 Å². The van der Waals surface area contributed by atoms with E-state index in [4.69, 9.17) is 0 Å². The lowest BCUT2D eigenvalue weighted by Crippen LogP contribution is -2.32. The highest BCUT2D eigenvalue weighted by Crippen LogP contribution is 2.19. The molecule has 3 heterocycles. The Kier molecular flexibility index (Phi) is 4.26. The van der Waals surface area contributed by atoms with Crippen LogP contribution in [0.3, 0.4) is 0 Å². The van der Waals surface area contributed by atoms with E-state index in [1.165, 1.54) is 6.33 Å². The molecule has 128 valence electrons. The number of hydrogen-bond acceptors (Lipinski definition) is 5. The number of aromatic nitrogens is 5. The van der Waals surface area contributed by atoms with Crippen molar-refractivity contribution in [2.45, 2.75) is 18.9 Å². The van der Waals surface area contributed by atoms with Crippen LogP contribution in [-0.4, -0.2) is 44.0 Å². The molecule has 1 aliphatic rings. The van der Waals surface area contributed by atoms with Crippen LogP contribution in [0.15, 0.2) is 42.9 Å². The first-order valence-corrected chi connectivity index (χ1v) is 8.32. The first-order valence-electron chi connectivity index (χ1n) is 8.32. The third-order valence-electron chi connectivity index (χ3n) is 4.32. The topological polar surface area (TPSA) is 101 Å². The molecule has 2 aromatic heterocycles. The van der Waals surface area contributed by atoms with Gasteiger partial charge in [-0.05, 0) is 49.7 Å². The summed E-state index contributed by atoms with van der Waals surface area (Å²) in [5, 5.41) is 17.3. The van der Waals surface area contributed by atoms with E-state index < -0.39 is 0 Å². The fourth-order valence-corrected chi connectivity index (χ4v) is 2.97. The zero-order valence-electron chi connectivity index (χ0n) is 13.6. The van der Waals surface area contributed by atoms with Gasteiger partial charge in [-0.3, -0.25) is 14.6 Å². The minimum atomic E-state index is -0.213. The molecule has 0 bridgehead atoms. The summed E-state index contributed by atoms with van der Waals surface area (Å²) in [6.45, 7) is 1.95. The van der Waals surface area contributed by atoms with E-state index in [9.17, 15) is 4.79 Å². The summed E-state index contributed by atoms with van der Waals surface area (Å²) in [6.07, 6.45) is 5.55. The normalized spacial score (nSPS) is 17.4. The number of amides is 1. The predicted octanol–water partition coefficient (Wildman–Crippen LogP) is 1.84. The van der Waals surface area contributed by atoms with Crippen molar-refractivity contribution in [2.75, 3.05) is 18.4 Å². The number of nitrogens with zero attached hydrogens (tertiary/aromatic N) is 4. The Morgan fingerprint density at radius 1 is 1.24 bits per heavy atom. The van der Waals surface area contributed by atoms with Crippen LogP contribution in [-0.2, 0) is 0 Å². The third-order valence-corrected chi connectivity index (χ3v) is 4.32. The maximum Gasteiger partial charge on any atom is 0.276 e. The molecule has 1 aliphatic heterocycles. The molecule has 8 heteroatoms. The van der Waals surface area contributed by atoms with E-state index in [2.05, 4.69) is 30.9 Å². The van der Waals surface area contributed by atoms with Crippen molar-refractivity contribution < 1.29 is 4.79 Å². The van der Waals surface area contributed by atoms with Gasteiger partial charge in [-0.15, -0.1) is 0 Å². The second kappa shape index (κ2) is 6.86. The van der Waals surface area contributed by atoms with Crippen LogP contribution < -0.4 is 10.6 Å². The van der Waals surface area contributed by atoms with Crippen molar-refractivity contribution in [3.05, 3.63) is 48.5 Å². The van der Waals surface area contributed by atoms with Gasteiger partial charge < -0.3 is 10.6 Å². The first-order chi connectivity index (χ1) is 12.3. The van der Waals surface area contributed by atoms with Gasteiger partial charge in [0, 0.05) is 24.0 Å². The highest BCUT2D eigenvalue weighted by molar-refractivity contribution is 6.02. The largest absolute Gasteiger partial charge is 0.321 e. The molecule has 8 nitrogen and oxygen atoms in total. The van der Waals surface area contributed by atoms with Gasteiger partial charge in [-0.25, -0.2) is 4.98 Å². The molecule has 0 aliphatic carbocycles. The van der Waals surface area contributed by atoms with E-state index in [0.717, 1.165) is 31.5 Å². The number of benzene rings is 1. The van der Waals surface area contributed by atoms with Crippen LogP contribution in [0, 0.1) is 0 Å². The lowest BCUT2D eigenvalue weighted by Gasteiger charge is -2.22. The third kappa shape index (κ3) is 3.43. The van der Waals surface area contributed by atoms with E-state index in [0.29, 0.717) is 23.2 Å². The van der Waals surface area contributed by atoms with Gasteiger partial charge in [-0.1, -0.05) is 0 Å². The first kappa shape index (κ1) is 15.5. The minimum Gasteiger partial charge on any atom is -0.321 e. The van der Waals surface area contributed by atoms with Gasteiger partial charge in [0.2, 0.25) is 0 Å². The van der Waals surface area contributed by atoms with Gasteiger partial charge in [0.25, 0.3) is 5.91 Å². The molecule has 4 rings (SSSR count). The maximum absolute atomic E-state index is 12.4. The van der Waals surface area contributed by atoms with Crippen molar-refractivity contribution in [3.8, 4) is 11.4 Å². The summed E-state index contributed by atoms with van der Waals surface area (Å²) in [5.74, 6) is 0.479. The van der Waals surface area contributed by atoms with Crippen LogP contribution >= 0.6 is 0 Å². The Bertz CT molecular complexity index is 832. The molecule has 1 fully saturated rings. The molecular weight excluding hydrogens is 318 g/mol. The zero-order chi connectivity index (χ0) is 17.1. The number of nitrogens with one attached hydrogen (secondary N) is 3. The number of carbonyl (C=O) groups excluding carboxylic acids is 1. The van der Waals surface area contributed by atoms with Gasteiger partial charge >= 0.3 is 0 Å². The Hall–Kier alpha value is -3.00. The summed E-state index contributed by atoms with van der Waals surface area (Å²) in [7, 11) is 0. The fourth-order valence-electron chi connectivity index (χ4n) is 2.97. The standard InChI is InChI=1S/C17H19N7O/c25-17(15-7-9-24(23-15)14-2-1-8-18-10-14)21-13-5-3-12(4-6-13)16-19-11-20-22-16/h3-7,9,11,14,18H,1-2,8,10H2,(H,21,25)(H,19,20,22). The molecule has 3 N–H and O–H groups in total. The number of carbonyl (C=O) groups is 1. The average Bonchev–Trinajstić information content (AvgIpc) is 3.35. The summed E-state index contributed by atoms with van der Waals surface area (Å²) < 4.78 is 1.88. The molecular formula is C17H19N7O. The zero-order valence-corrected chi connectivity index (χ0v) is 13.6. The summed E-state index contributed by atoms with van der Waals surface area (Å²) >= 11 is 0. The lowest BCUT2D eigenvalue weighted by atomic mass is 10.1. The number of piperidine rings is 1. The monoisotopic (exact) mass is 337 g/mol. The molecule has 1 atom stereocenters. The Morgan fingerprint density at radius 2 is 2.12 bits per heavy atom. The number of hydrogen-bond donors (Lipinski definition) is 3. The number of H-pyrrole nitrogens is 1. The summed E-state index contributed by atoms with van der Waals surface area (Å²) in [4.78, 5) is 16.5. The number of anilines is 1. The molecule has 0 spiro atoms. The van der Waals surface area contributed by atoms with Gasteiger partial charge in [-0.2, -0.15) is 10.2 Å². The van der Waals surface area contributed by atoms with Crippen LogP contribution in [0.1, 0.15) is 29.4 Å². The molecule has 25 heavy (non-hydrogen) atoms. The van der Waals surface area contributed by atoms with Crippen molar-refractivity contribution in [1.82, 2.24) is 30.3 Å². The average molecular weight is 337 g/mol. The lowest BCUT2D eigenvalue weighted by molar-refractivity contribution is 0.102. The van der Waals surface area contributed by atoms with Crippen LogP contribution in [0.25, 0.3) is 11.4 Å². The second-order valence-electron chi connectivity index (χ2n) is 6.05. The summed E-state index contributed by atoms with van der Waals surface area (Å²) in [6, 6.07) is 9.49.